The minimum Gasteiger partial charge on any atom is -0.463 e. The van der Waals surface area contributed by atoms with E-state index in [-0.39, 0.29) is 52.0 Å². The van der Waals surface area contributed by atoms with Gasteiger partial charge in [-0.15, -0.1) is 0 Å². The highest BCUT2D eigenvalue weighted by molar-refractivity contribution is 6.76. The summed E-state index contributed by atoms with van der Waals surface area (Å²) >= 11 is 18.7. The normalized spacial score (nSPS) is 26.1. The van der Waals surface area contributed by atoms with Crippen molar-refractivity contribution in [3.05, 3.63) is 215 Å². The Labute approximate surface area is 620 Å². The van der Waals surface area contributed by atoms with Gasteiger partial charge < -0.3 is 80.6 Å². The highest BCUT2D eigenvalue weighted by atomic mass is 35.6. The number of hydrogen-bond acceptors (Lipinski definition) is 27. The molecule has 0 aliphatic carbocycles. The molecule has 1 N–H and O–H groups in total. The van der Waals surface area contributed by atoms with E-state index in [0.717, 1.165) is 6.92 Å². The molecule has 556 valence electrons. The third-order valence-corrected chi connectivity index (χ3v) is 17.8. The molecule has 2 amide bonds. The van der Waals surface area contributed by atoms with Gasteiger partial charge in [-0.3, -0.25) is 34.3 Å². The number of carbonyl (C=O) groups excluding carboxylic acids is 11. The van der Waals surface area contributed by atoms with Gasteiger partial charge in [0.05, 0.1) is 52.8 Å². The Kier molecular flexibility index (Phi) is 25.5. The quantitative estimate of drug-likeness (QED) is 0.0132. The van der Waals surface area contributed by atoms with Crippen LogP contribution in [0.5, 0.6) is 0 Å². The Balaban J connectivity index is 1.12. The van der Waals surface area contributed by atoms with Crippen LogP contribution in [-0.2, 0) is 95.0 Å². The molecule has 0 unspecified atom stereocenters. The van der Waals surface area contributed by atoms with Crippen LogP contribution in [0.25, 0.3) is 0 Å². The van der Waals surface area contributed by atoms with Crippen LogP contribution < -0.4 is 0 Å². The Bertz CT molecular complexity index is 4160. The number of carbonyl (C=O) groups is 11. The van der Waals surface area contributed by atoms with Crippen molar-refractivity contribution in [3.8, 4) is 0 Å². The number of imide groups is 1. The summed E-state index contributed by atoms with van der Waals surface area (Å²) in [7, 11) is 0. The van der Waals surface area contributed by atoms with E-state index in [0.29, 0.717) is 10.5 Å². The number of nitrogens with zero attached hydrogens (tertiary/aromatic N) is 1. The van der Waals surface area contributed by atoms with E-state index in [1.807, 2.05) is 0 Å². The molecule has 4 fully saturated rings. The van der Waals surface area contributed by atoms with Crippen molar-refractivity contribution in [2.45, 2.75) is 149 Å². The first-order valence-corrected chi connectivity index (χ1v) is 34.4. The highest BCUT2D eigenvalue weighted by Crippen LogP contribution is 2.44. The SMILES string of the molecule is CC(=O)CCC(=O)OC[C@H]1O[C@@H](O[C@H]2[C@@H]3O[C@H](c4ccccc4)OC[C@H]3O[C@@H](O[C@H]3[C@H](OC(=O)c4ccccc4)[C@@H](OC(=O)c4ccccc4)[C@@H](OC(=N)C(Cl)(Cl)Cl)O[C@@H]3COC(=O)CCC(C)=O)[C@@H]2N2C(=O)c3ccccc3C2=O)[C@H](OC(=O)c2ccccc2)[C@@H](OC(=O)c2ccccc2)[C@@H]1OC(C)=O. The van der Waals surface area contributed by atoms with Crippen molar-refractivity contribution in [3.63, 3.8) is 0 Å². The standard InChI is InChI=1S/C75H69Cl3N2O26/c1-40(81)33-35-53(84)92-37-50-57(95-42(3)83)60(99-66(88)43-21-9-4-10-22-43)62(101-68(90)45-25-13-6-14-26-45)72(97-50)105-59-55(80-64(86)48-31-19-20-32-49(48)65(80)87)71(96-52-39-94-70(103-56(52)59)47-29-17-8-18-30-47)104-58-51(38-93-54(85)36-34-41(2)82)98-73(106-74(79)75(76,77)78)63(102-69(91)46-27-15-7-16-28-46)61(58)100-67(89)44-23-11-5-12-24-44/h4-32,50-52,55-63,70-73,79H,33-39H2,1-3H3/t50-,51-,52-,55-,56-,57-,58-,59-,60+,61+,62-,63-,70-,71+,72+,73-/m1/s1. The van der Waals surface area contributed by atoms with Crippen LogP contribution >= 0.6 is 34.8 Å². The summed E-state index contributed by atoms with van der Waals surface area (Å²) in [6.45, 7) is 1.18. The second-order valence-electron chi connectivity index (χ2n) is 24.8. The van der Waals surface area contributed by atoms with Crippen molar-refractivity contribution in [2.24, 2.45) is 0 Å². The van der Waals surface area contributed by atoms with Gasteiger partial charge in [-0.2, -0.15) is 0 Å². The molecule has 31 heteroatoms. The van der Waals surface area contributed by atoms with Crippen LogP contribution in [0.3, 0.4) is 0 Å². The lowest BCUT2D eigenvalue weighted by Gasteiger charge is -2.54. The van der Waals surface area contributed by atoms with Crippen molar-refractivity contribution < 1.29 is 124 Å². The molecule has 106 heavy (non-hydrogen) atoms. The van der Waals surface area contributed by atoms with Gasteiger partial charge in [0.2, 0.25) is 18.3 Å². The third kappa shape index (κ3) is 18.9. The lowest BCUT2D eigenvalue weighted by Crippen LogP contribution is -2.72. The Morgan fingerprint density at radius 1 is 0.443 bits per heavy atom. The molecule has 4 saturated heterocycles. The van der Waals surface area contributed by atoms with Gasteiger partial charge in [0.15, 0.2) is 43.3 Å². The molecule has 6 aromatic carbocycles. The van der Waals surface area contributed by atoms with Gasteiger partial charge in [0.1, 0.15) is 67.4 Å². The van der Waals surface area contributed by atoms with Gasteiger partial charge >= 0.3 is 41.8 Å². The molecular formula is C75H69Cl3N2O26. The van der Waals surface area contributed by atoms with Crippen LogP contribution in [0.2, 0.25) is 0 Å². The maximum absolute atomic E-state index is 15.7. The van der Waals surface area contributed by atoms with Crippen molar-refractivity contribution in [1.29, 1.82) is 5.41 Å². The second kappa shape index (κ2) is 35.0. The summed E-state index contributed by atoms with van der Waals surface area (Å²) in [5, 5.41) is 8.81. The van der Waals surface area contributed by atoms with E-state index < -0.39 is 200 Å². The molecule has 5 aliphatic heterocycles. The van der Waals surface area contributed by atoms with E-state index in [4.69, 9.17) is 111 Å². The van der Waals surface area contributed by atoms with Gasteiger partial charge in [-0.25, -0.2) is 19.2 Å². The maximum Gasteiger partial charge on any atom is 0.338 e. The number of rotatable bonds is 26. The summed E-state index contributed by atoms with van der Waals surface area (Å²) < 4.78 is 94.0. The lowest BCUT2D eigenvalue weighted by molar-refractivity contribution is -0.394. The van der Waals surface area contributed by atoms with Gasteiger partial charge in [0, 0.05) is 25.3 Å². The summed E-state index contributed by atoms with van der Waals surface area (Å²) in [4.78, 5) is 156. The molecule has 11 rings (SSSR count). The summed E-state index contributed by atoms with van der Waals surface area (Å²) in [5.74, 6) is -11.5. The minimum absolute atomic E-state index is 0.0732. The smallest absolute Gasteiger partial charge is 0.338 e. The number of amides is 2. The van der Waals surface area contributed by atoms with Crippen LogP contribution in [0.15, 0.2) is 176 Å². The predicted octanol–water partition coefficient (Wildman–Crippen LogP) is 8.73. The number of esters is 7. The fraction of sp³-hybridized carbons (Fsp3) is 0.360. The van der Waals surface area contributed by atoms with E-state index in [1.165, 1.54) is 135 Å². The number of halogens is 3. The molecular weight excluding hydrogens is 1450 g/mol. The van der Waals surface area contributed by atoms with Crippen molar-refractivity contribution in [2.75, 3.05) is 19.8 Å². The minimum atomic E-state index is -2.67. The molecule has 0 saturated carbocycles. The lowest BCUT2D eigenvalue weighted by atomic mass is 9.92. The Morgan fingerprint density at radius 3 is 1.28 bits per heavy atom. The molecule has 16 atom stereocenters. The second-order valence-corrected chi connectivity index (χ2v) is 27.0. The van der Waals surface area contributed by atoms with Crippen LogP contribution in [0, 0.1) is 5.41 Å². The Morgan fingerprint density at radius 2 is 0.840 bits per heavy atom. The largest absolute Gasteiger partial charge is 0.463 e. The topological polar surface area (TPSA) is 353 Å². The summed E-state index contributed by atoms with van der Waals surface area (Å²) in [6, 6.07) is 41.4. The van der Waals surface area contributed by atoms with Crippen molar-refractivity contribution in [1.82, 2.24) is 4.90 Å². The number of benzene rings is 6. The maximum atomic E-state index is 15.7. The molecule has 0 radical (unpaired) electrons. The average Bonchev–Trinajstić information content (AvgIpc) is 1.42. The zero-order valence-corrected chi connectivity index (χ0v) is 58.9. The first-order valence-electron chi connectivity index (χ1n) is 33.3. The Hall–Kier alpha value is -9.85. The third-order valence-electron chi connectivity index (χ3n) is 17.3. The fourth-order valence-electron chi connectivity index (χ4n) is 12.2. The van der Waals surface area contributed by atoms with E-state index >= 15 is 9.59 Å². The number of Topliss-reactive ketones (excluding diaryl/α,β-unsaturated/α-hetero) is 2. The molecule has 6 aromatic rings. The molecule has 0 bridgehead atoms. The van der Waals surface area contributed by atoms with Crippen LogP contribution in [0.4, 0.5) is 0 Å². The highest BCUT2D eigenvalue weighted by Gasteiger charge is 2.63. The first kappa shape index (κ1) is 77.3. The zero-order valence-electron chi connectivity index (χ0n) is 56.6. The predicted molar refractivity (Wildman–Crippen MR) is 365 cm³/mol. The first-order chi connectivity index (χ1) is 50.9. The average molecular weight is 1520 g/mol. The van der Waals surface area contributed by atoms with Gasteiger partial charge in [0.25, 0.3) is 15.6 Å². The number of ether oxygens (including phenoxy) is 15. The van der Waals surface area contributed by atoms with Crippen LogP contribution in [-0.4, -0.2) is 192 Å². The van der Waals surface area contributed by atoms with Gasteiger partial charge in [-0.1, -0.05) is 150 Å². The summed E-state index contributed by atoms with van der Waals surface area (Å²) in [5.41, 5.74) is -0.346. The molecule has 28 nitrogen and oxygen atoms in total. The number of nitrogens with one attached hydrogen (secondary N) is 1. The number of alkyl halides is 3. The van der Waals surface area contributed by atoms with Crippen LogP contribution in [0.1, 0.15) is 120 Å². The summed E-state index contributed by atoms with van der Waals surface area (Å²) in [6.07, 6.45) is -31.0. The molecule has 5 aliphatic rings. The van der Waals surface area contributed by atoms with Crippen molar-refractivity contribution >= 4 is 106 Å². The number of ketones is 2. The van der Waals surface area contributed by atoms with E-state index in [2.05, 4.69) is 0 Å². The van der Waals surface area contributed by atoms with Gasteiger partial charge in [-0.05, 0) is 74.5 Å². The molecule has 0 spiro atoms. The monoisotopic (exact) mass is 1520 g/mol. The molecule has 5 heterocycles. The van der Waals surface area contributed by atoms with E-state index in [9.17, 15) is 43.2 Å². The number of hydrogen-bond donors (Lipinski definition) is 1. The number of fused-ring (bicyclic) bond motifs is 2. The fourth-order valence-corrected chi connectivity index (χ4v) is 12.3. The zero-order chi connectivity index (χ0) is 75.3. The molecule has 0 aromatic heterocycles. The van der Waals surface area contributed by atoms with E-state index in [1.54, 1.807) is 54.6 Å².